The van der Waals surface area contributed by atoms with Gasteiger partial charge in [-0.1, -0.05) is 83.6 Å². The van der Waals surface area contributed by atoms with E-state index in [0.29, 0.717) is 17.3 Å². The van der Waals surface area contributed by atoms with Crippen LogP contribution in [0.5, 0.6) is 0 Å². The van der Waals surface area contributed by atoms with Gasteiger partial charge in [0.1, 0.15) is 0 Å². The van der Waals surface area contributed by atoms with Crippen molar-refractivity contribution in [2.24, 2.45) is 40.9 Å². The van der Waals surface area contributed by atoms with E-state index < -0.39 is 0 Å². The van der Waals surface area contributed by atoms with Crippen LogP contribution < -0.4 is 0 Å². The average Bonchev–Trinajstić information content (AvgIpc) is 3.04. The molecular formula is C29H46. The molecule has 6 atom stereocenters. The summed E-state index contributed by atoms with van der Waals surface area (Å²) in [5.74, 6) is 4.57. The lowest BCUT2D eigenvalue weighted by molar-refractivity contribution is 0.112. The van der Waals surface area contributed by atoms with Gasteiger partial charge in [0.15, 0.2) is 0 Å². The second-order valence-corrected chi connectivity index (χ2v) is 11.3. The predicted molar refractivity (Wildman–Crippen MR) is 129 cm³/mol. The van der Waals surface area contributed by atoms with Crippen molar-refractivity contribution in [3.8, 4) is 0 Å². The maximum absolute atomic E-state index is 4.35. The van der Waals surface area contributed by atoms with Gasteiger partial charge in [0.2, 0.25) is 0 Å². The van der Waals surface area contributed by atoms with Crippen molar-refractivity contribution < 1.29 is 0 Å². The zero-order valence-corrected chi connectivity index (χ0v) is 20.1. The largest absolute Gasteiger partial charge is 0.0956 e. The minimum atomic E-state index is 0.490. The monoisotopic (exact) mass is 394 g/mol. The van der Waals surface area contributed by atoms with Gasteiger partial charge in [-0.3, -0.25) is 0 Å². The number of fused-ring (bicyclic) bond motifs is 1. The van der Waals surface area contributed by atoms with Crippen molar-refractivity contribution in [3.05, 3.63) is 47.6 Å². The quantitative estimate of drug-likeness (QED) is 0.408. The summed E-state index contributed by atoms with van der Waals surface area (Å²) in [6, 6.07) is 0. The van der Waals surface area contributed by atoms with E-state index in [1.165, 1.54) is 62.5 Å². The van der Waals surface area contributed by atoms with E-state index in [1.807, 2.05) is 0 Å². The van der Waals surface area contributed by atoms with Crippen LogP contribution in [0.3, 0.4) is 0 Å². The molecule has 0 aromatic carbocycles. The van der Waals surface area contributed by atoms with Gasteiger partial charge in [0.05, 0.1) is 0 Å². The predicted octanol–water partition coefficient (Wildman–Crippen LogP) is 8.92. The van der Waals surface area contributed by atoms with Gasteiger partial charge in [-0.15, -0.1) is 0 Å². The summed E-state index contributed by atoms with van der Waals surface area (Å²) >= 11 is 0. The van der Waals surface area contributed by atoms with Gasteiger partial charge < -0.3 is 0 Å². The van der Waals surface area contributed by atoms with Gasteiger partial charge in [0, 0.05) is 0 Å². The lowest BCUT2D eigenvalue weighted by atomic mass is 9.61. The average molecular weight is 395 g/mol. The molecule has 0 bridgehead atoms. The first kappa shape index (κ1) is 22.6. The van der Waals surface area contributed by atoms with Gasteiger partial charge in [-0.25, -0.2) is 0 Å². The Morgan fingerprint density at radius 3 is 2.48 bits per heavy atom. The molecule has 3 aliphatic rings. The standard InChI is InChI=1S/C29H46/c1-20(2)22(4)12-13-24(6)27-16-17-28-25(9-8-18-29(27,28)7)14-15-26-19-21(3)10-11-23(26)5/h12-15,20-22,24,27-28H,5,8-11,16-19H2,1-4,6-7H3/b13-12+,25-14+,26-15+/t21-,22-,24+,27+,28?,29+/m0/s1. The molecule has 3 aliphatic carbocycles. The Bertz CT molecular complexity index is 672. The lowest BCUT2D eigenvalue weighted by Crippen LogP contribution is -2.35. The summed E-state index contributed by atoms with van der Waals surface area (Å²) in [4.78, 5) is 0. The summed E-state index contributed by atoms with van der Waals surface area (Å²) in [5.41, 5.74) is 5.15. The van der Waals surface area contributed by atoms with Crippen LogP contribution in [-0.2, 0) is 0 Å². The second-order valence-electron chi connectivity index (χ2n) is 11.3. The molecule has 0 spiro atoms. The highest BCUT2D eigenvalue weighted by molar-refractivity contribution is 5.36. The molecule has 0 heterocycles. The third-order valence-electron chi connectivity index (χ3n) is 8.90. The third kappa shape index (κ3) is 5.00. The first-order valence-electron chi connectivity index (χ1n) is 12.5. The van der Waals surface area contributed by atoms with E-state index in [4.69, 9.17) is 0 Å². The normalized spacial score (nSPS) is 38.2. The maximum Gasteiger partial charge on any atom is -0.0143 e. The van der Waals surface area contributed by atoms with E-state index in [0.717, 1.165) is 23.7 Å². The first-order chi connectivity index (χ1) is 13.7. The fourth-order valence-electron chi connectivity index (χ4n) is 6.45. The van der Waals surface area contributed by atoms with Crippen LogP contribution in [0.15, 0.2) is 47.6 Å². The molecule has 3 fully saturated rings. The highest BCUT2D eigenvalue weighted by Gasteiger charge is 2.50. The van der Waals surface area contributed by atoms with Crippen molar-refractivity contribution in [1.29, 1.82) is 0 Å². The van der Waals surface area contributed by atoms with Gasteiger partial charge >= 0.3 is 0 Å². The number of hydrogen-bond acceptors (Lipinski definition) is 0. The molecule has 0 radical (unpaired) electrons. The van der Waals surface area contributed by atoms with Crippen molar-refractivity contribution >= 4 is 0 Å². The van der Waals surface area contributed by atoms with E-state index in [9.17, 15) is 0 Å². The molecule has 0 amide bonds. The Balaban J connectivity index is 1.75. The van der Waals surface area contributed by atoms with Crippen LogP contribution in [0.25, 0.3) is 0 Å². The highest BCUT2D eigenvalue weighted by atomic mass is 14.5. The third-order valence-corrected chi connectivity index (χ3v) is 8.90. The lowest BCUT2D eigenvalue weighted by Gasteiger charge is -2.44. The number of rotatable bonds is 5. The smallest absolute Gasteiger partial charge is 0.0143 e. The molecule has 3 saturated carbocycles. The van der Waals surface area contributed by atoms with Crippen molar-refractivity contribution in [1.82, 2.24) is 0 Å². The maximum atomic E-state index is 4.35. The zero-order chi connectivity index (χ0) is 21.2. The van der Waals surface area contributed by atoms with Gasteiger partial charge in [0.25, 0.3) is 0 Å². The van der Waals surface area contributed by atoms with Crippen LogP contribution in [0.2, 0.25) is 0 Å². The molecule has 0 aliphatic heterocycles. The number of hydrogen-bond donors (Lipinski definition) is 0. The molecule has 3 rings (SSSR count). The van der Waals surface area contributed by atoms with E-state index in [-0.39, 0.29) is 0 Å². The Kier molecular flexibility index (Phi) is 7.34. The van der Waals surface area contributed by atoms with Crippen LogP contribution >= 0.6 is 0 Å². The minimum absolute atomic E-state index is 0.490. The Hall–Kier alpha value is -1.04. The molecule has 0 aromatic rings. The zero-order valence-electron chi connectivity index (χ0n) is 20.1. The molecule has 29 heavy (non-hydrogen) atoms. The molecule has 1 unspecified atom stereocenters. The SMILES string of the molecule is C=C1CC[C@H](C)C/C1=C\C=C1/CCC[C@@]2(C)C1CC[C@@H]2[C@H](C)/C=C/[C@H](C)C(C)C. The molecular weight excluding hydrogens is 348 g/mol. The minimum Gasteiger partial charge on any atom is -0.0956 e. The van der Waals surface area contributed by atoms with Crippen LogP contribution in [0.4, 0.5) is 0 Å². The fourth-order valence-corrected chi connectivity index (χ4v) is 6.45. The van der Waals surface area contributed by atoms with E-state index in [2.05, 4.69) is 72.4 Å². The molecule has 162 valence electrons. The summed E-state index contributed by atoms with van der Waals surface area (Å²) in [5, 5.41) is 0. The van der Waals surface area contributed by atoms with Crippen LogP contribution in [-0.4, -0.2) is 0 Å². The Morgan fingerprint density at radius 2 is 1.76 bits per heavy atom. The topological polar surface area (TPSA) is 0 Å². The summed E-state index contributed by atoms with van der Waals surface area (Å²) in [6.07, 6.45) is 20.7. The van der Waals surface area contributed by atoms with E-state index in [1.54, 1.807) is 5.57 Å². The Labute approximate surface area is 181 Å². The second kappa shape index (κ2) is 9.40. The molecule has 0 aromatic heterocycles. The highest BCUT2D eigenvalue weighted by Crippen LogP contribution is 2.59. The van der Waals surface area contributed by atoms with Crippen molar-refractivity contribution in [2.45, 2.75) is 92.9 Å². The summed E-state index contributed by atoms with van der Waals surface area (Å²) < 4.78 is 0. The molecule has 0 saturated heterocycles. The van der Waals surface area contributed by atoms with Gasteiger partial charge in [-0.2, -0.15) is 0 Å². The first-order valence-corrected chi connectivity index (χ1v) is 12.5. The van der Waals surface area contributed by atoms with Crippen molar-refractivity contribution in [2.75, 3.05) is 0 Å². The van der Waals surface area contributed by atoms with Gasteiger partial charge in [-0.05, 0) is 97.9 Å². The Morgan fingerprint density at radius 1 is 1.00 bits per heavy atom. The van der Waals surface area contributed by atoms with Crippen LogP contribution in [0.1, 0.15) is 92.9 Å². The number of allylic oxidation sites excluding steroid dienone is 7. The molecule has 0 heteroatoms. The summed E-state index contributed by atoms with van der Waals surface area (Å²) in [7, 11) is 0. The van der Waals surface area contributed by atoms with Crippen LogP contribution in [0, 0.1) is 40.9 Å². The van der Waals surface area contributed by atoms with Crippen molar-refractivity contribution in [3.63, 3.8) is 0 Å². The molecule has 0 N–H and O–H groups in total. The summed E-state index contributed by atoms with van der Waals surface area (Å²) in [6.45, 7) is 18.9. The molecule has 0 nitrogen and oxygen atoms in total. The fraction of sp³-hybridized carbons (Fsp3) is 0.724. The van der Waals surface area contributed by atoms with E-state index >= 15 is 0 Å².